The minimum atomic E-state index is -1.24. The Balaban J connectivity index is 2.44. The van der Waals surface area contributed by atoms with Gasteiger partial charge in [-0.15, -0.1) is 0 Å². The molecule has 2 N–H and O–H groups in total. The number of rotatable bonds is 3. The minimum Gasteiger partial charge on any atom is -0.465 e. The summed E-state index contributed by atoms with van der Waals surface area (Å²) in [6, 6.07) is 8.80. The van der Waals surface area contributed by atoms with Crippen molar-refractivity contribution in [2.75, 3.05) is 5.32 Å². The largest absolute Gasteiger partial charge is 0.465 e. The zero-order valence-electron chi connectivity index (χ0n) is 9.67. The van der Waals surface area contributed by atoms with Crippen LogP contribution in [0.2, 0.25) is 0 Å². The molecule has 0 unspecified atom stereocenters. The van der Waals surface area contributed by atoms with Gasteiger partial charge in [0, 0.05) is 6.07 Å². The van der Waals surface area contributed by atoms with Crippen LogP contribution >= 0.6 is 0 Å². The molecule has 0 aliphatic rings. The molecule has 0 radical (unpaired) electrons. The van der Waals surface area contributed by atoms with Crippen LogP contribution in [0, 0.1) is 17.1 Å². The van der Waals surface area contributed by atoms with Gasteiger partial charge in [-0.1, -0.05) is 0 Å². The van der Waals surface area contributed by atoms with Gasteiger partial charge in [0.15, 0.2) is 0 Å². The molecule has 19 heavy (non-hydrogen) atoms. The van der Waals surface area contributed by atoms with Crippen molar-refractivity contribution in [3.8, 4) is 11.8 Å². The number of carbonyl (C=O) groups is 1. The lowest BCUT2D eigenvalue weighted by Gasteiger charge is -2.06. The Morgan fingerprint density at radius 1 is 1.47 bits per heavy atom. The molecule has 6 nitrogen and oxygen atoms in total. The standard InChI is InChI=1S/C12H9FN4O2/c13-8-1-3-10(4-2-8)17-11(15-12(18)19)7-9(16-17)5-6-14/h1-4,7,15H,5H2,(H,18,19). The summed E-state index contributed by atoms with van der Waals surface area (Å²) in [6.45, 7) is 0. The van der Waals surface area contributed by atoms with Crippen LogP contribution in [0.3, 0.4) is 0 Å². The summed E-state index contributed by atoms with van der Waals surface area (Å²) in [5.74, 6) is -0.203. The zero-order valence-corrected chi connectivity index (χ0v) is 9.67. The summed E-state index contributed by atoms with van der Waals surface area (Å²) < 4.78 is 14.2. The molecule has 2 aromatic rings. The normalized spacial score (nSPS) is 9.89. The lowest BCUT2D eigenvalue weighted by atomic mass is 10.3. The van der Waals surface area contributed by atoms with Gasteiger partial charge >= 0.3 is 6.09 Å². The highest BCUT2D eigenvalue weighted by molar-refractivity contribution is 5.82. The first-order chi connectivity index (χ1) is 9.10. The van der Waals surface area contributed by atoms with E-state index in [0.29, 0.717) is 11.4 Å². The quantitative estimate of drug-likeness (QED) is 0.884. The van der Waals surface area contributed by atoms with Gasteiger partial charge < -0.3 is 5.11 Å². The van der Waals surface area contributed by atoms with E-state index < -0.39 is 11.9 Å². The number of carboxylic acid groups (broad SMARTS) is 1. The highest BCUT2D eigenvalue weighted by Gasteiger charge is 2.11. The van der Waals surface area contributed by atoms with Gasteiger partial charge in [-0.05, 0) is 24.3 Å². The molecular weight excluding hydrogens is 251 g/mol. The van der Waals surface area contributed by atoms with Gasteiger partial charge in [-0.3, -0.25) is 5.32 Å². The fraction of sp³-hybridized carbons (Fsp3) is 0.0833. The van der Waals surface area contributed by atoms with E-state index in [2.05, 4.69) is 10.4 Å². The van der Waals surface area contributed by atoms with E-state index in [4.69, 9.17) is 10.4 Å². The minimum absolute atomic E-state index is 0.0580. The Hall–Kier alpha value is -2.88. The summed E-state index contributed by atoms with van der Waals surface area (Å²) in [5, 5.41) is 23.6. The van der Waals surface area contributed by atoms with Crippen LogP contribution in [-0.2, 0) is 6.42 Å². The third kappa shape index (κ3) is 2.87. The summed E-state index contributed by atoms with van der Waals surface area (Å²) >= 11 is 0. The van der Waals surface area contributed by atoms with Crippen LogP contribution in [0.1, 0.15) is 5.69 Å². The van der Waals surface area contributed by atoms with Crippen molar-refractivity contribution < 1.29 is 14.3 Å². The fourth-order valence-electron chi connectivity index (χ4n) is 1.58. The van der Waals surface area contributed by atoms with Crippen molar-refractivity contribution in [1.82, 2.24) is 9.78 Å². The van der Waals surface area contributed by atoms with Crippen molar-refractivity contribution in [2.45, 2.75) is 6.42 Å². The lowest BCUT2D eigenvalue weighted by Crippen LogP contribution is -2.11. The smallest absolute Gasteiger partial charge is 0.410 e. The van der Waals surface area contributed by atoms with E-state index in [-0.39, 0.29) is 12.2 Å². The molecule has 0 spiro atoms. The molecule has 2 rings (SSSR count). The van der Waals surface area contributed by atoms with Crippen LogP contribution in [0.5, 0.6) is 0 Å². The van der Waals surface area contributed by atoms with E-state index >= 15 is 0 Å². The van der Waals surface area contributed by atoms with Crippen LogP contribution in [0.4, 0.5) is 15.0 Å². The molecule has 1 amide bonds. The van der Waals surface area contributed by atoms with Gasteiger partial charge in [0.25, 0.3) is 0 Å². The number of amides is 1. The average Bonchev–Trinajstić information content (AvgIpc) is 2.72. The first-order valence-electron chi connectivity index (χ1n) is 5.32. The molecule has 0 aliphatic heterocycles. The van der Waals surface area contributed by atoms with Crippen molar-refractivity contribution >= 4 is 11.9 Å². The monoisotopic (exact) mass is 260 g/mol. The summed E-state index contributed by atoms with van der Waals surface area (Å²) in [7, 11) is 0. The number of hydrogen-bond donors (Lipinski definition) is 2. The number of hydrogen-bond acceptors (Lipinski definition) is 3. The van der Waals surface area contributed by atoms with Crippen molar-refractivity contribution in [1.29, 1.82) is 5.26 Å². The van der Waals surface area contributed by atoms with Gasteiger partial charge in [0.05, 0.1) is 23.9 Å². The number of anilines is 1. The predicted octanol–water partition coefficient (Wildman–Crippen LogP) is 2.17. The molecule has 1 aromatic heterocycles. The van der Waals surface area contributed by atoms with E-state index in [0.717, 1.165) is 0 Å². The maximum absolute atomic E-state index is 12.9. The highest BCUT2D eigenvalue weighted by atomic mass is 19.1. The Morgan fingerprint density at radius 3 is 2.74 bits per heavy atom. The topological polar surface area (TPSA) is 90.9 Å². The van der Waals surface area contributed by atoms with Crippen molar-refractivity contribution in [3.05, 3.63) is 41.8 Å². The molecule has 96 valence electrons. The third-order valence-corrected chi connectivity index (χ3v) is 2.33. The Morgan fingerprint density at radius 2 is 2.16 bits per heavy atom. The summed E-state index contributed by atoms with van der Waals surface area (Å²) in [6.07, 6.45) is -1.19. The SMILES string of the molecule is N#CCc1cc(NC(=O)O)n(-c2ccc(F)cc2)n1. The molecule has 1 aromatic carbocycles. The third-order valence-electron chi connectivity index (χ3n) is 2.33. The van der Waals surface area contributed by atoms with E-state index in [1.165, 1.54) is 35.0 Å². The molecule has 0 fully saturated rings. The first-order valence-corrected chi connectivity index (χ1v) is 5.32. The van der Waals surface area contributed by atoms with Gasteiger partial charge in [0.1, 0.15) is 11.6 Å². The summed E-state index contributed by atoms with van der Waals surface area (Å²) in [4.78, 5) is 10.7. The van der Waals surface area contributed by atoms with E-state index in [1.807, 2.05) is 6.07 Å². The van der Waals surface area contributed by atoms with Crippen LogP contribution in [0.15, 0.2) is 30.3 Å². The fourth-order valence-corrected chi connectivity index (χ4v) is 1.58. The maximum Gasteiger partial charge on any atom is 0.410 e. The van der Waals surface area contributed by atoms with Crippen LogP contribution in [-0.4, -0.2) is 21.0 Å². The number of aromatic nitrogens is 2. The molecule has 0 atom stereocenters. The second-order valence-corrected chi connectivity index (χ2v) is 3.67. The zero-order chi connectivity index (χ0) is 13.8. The first kappa shape index (κ1) is 12.6. The number of nitrogens with one attached hydrogen (secondary N) is 1. The molecule has 1 heterocycles. The number of nitriles is 1. The van der Waals surface area contributed by atoms with Crippen molar-refractivity contribution in [3.63, 3.8) is 0 Å². The van der Waals surface area contributed by atoms with Gasteiger partial charge in [-0.25, -0.2) is 13.9 Å². The molecule has 0 saturated carbocycles. The maximum atomic E-state index is 12.9. The summed E-state index contributed by atoms with van der Waals surface area (Å²) in [5.41, 5.74) is 0.921. The van der Waals surface area contributed by atoms with Gasteiger partial charge in [-0.2, -0.15) is 10.4 Å². The number of benzene rings is 1. The van der Waals surface area contributed by atoms with E-state index in [1.54, 1.807) is 0 Å². The van der Waals surface area contributed by atoms with Crippen LogP contribution in [0.25, 0.3) is 5.69 Å². The highest BCUT2D eigenvalue weighted by Crippen LogP contribution is 2.18. The molecule has 7 heteroatoms. The second-order valence-electron chi connectivity index (χ2n) is 3.67. The molecule has 0 bridgehead atoms. The molecule has 0 aliphatic carbocycles. The van der Waals surface area contributed by atoms with E-state index in [9.17, 15) is 9.18 Å². The van der Waals surface area contributed by atoms with Crippen LogP contribution < -0.4 is 5.32 Å². The average molecular weight is 260 g/mol. The Labute approximate surface area is 107 Å². The Bertz CT molecular complexity index is 643. The Kier molecular flexibility index (Phi) is 3.43. The predicted molar refractivity (Wildman–Crippen MR) is 64.5 cm³/mol. The van der Waals surface area contributed by atoms with Crippen molar-refractivity contribution in [2.24, 2.45) is 0 Å². The number of nitrogens with zero attached hydrogens (tertiary/aromatic N) is 3. The lowest BCUT2D eigenvalue weighted by molar-refractivity contribution is 0.209. The van der Waals surface area contributed by atoms with Gasteiger partial charge in [0.2, 0.25) is 0 Å². The molecule has 0 saturated heterocycles. The number of halogens is 1. The second kappa shape index (κ2) is 5.18. The molecular formula is C12H9FN4O2.